The van der Waals surface area contributed by atoms with Crippen molar-refractivity contribution in [2.75, 3.05) is 20.3 Å². The van der Waals surface area contributed by atoms with Crippen molar-refractivity contribution in [2.24, 2.45) is 0 Å². The van der Waals surface area contributed by atoms with Crippen molar-refractivity contribution in [3.8, 4) is 5.75 Å². The molecule has 0 radical (unpaired) electrons. The van der Waals surface area contributed by atoms with Gasteiger partial charge in [0.2, 0.25) is 0 Å². The van der Waals surface area contributed by atoms with E-state index in [-0.39, 0.29) is 17.1 Å². The second-order valence-corrected chi connectivity index (χ2v) is 16.7. The third-order valence-corrected chi connectivity index (χ3v) is 12.6. The van der Waals surface area contributed by atoms with Crippen LogP contribution in [0.1, 0.15) is 69.9 Å². The number of para-hydroxylation sites is 1. The van der Waals surface area contributed by atoms with E-state index in [0.717, 1.165) is 44.5 Å². The first-order chi connectivity index (χ1) is 17.6. The van der Waals surface area contributed by atoms with Crippen LogP contribution in [0.5, 0.6) is 5.75 Å². The van der Waals surface area contributed by atoms with Gasteiger partial charge < -0.3 is 19.0 Å². The summed E-state index contributed by atoms with van der Waals surface area (Å²) in [7, 11) is -0.285. The Labute approximate surface area is 226 Å². The molecule has 0 bridgehead atoms. The Hall–Kier alpha value is -1.92. The summed E-state index contributed by atoms with van der Waals surface area (Å²) in [5.41, 5.74) is 1.58. The van der Waals surface area contributed by atoms with Gasteiger partial charge in [0.25, 0.3) is 0 Å². The fraction of sp³-hybridized carbons (Fsp3) is 0.562. The Bertz CT molecular complexity index is 982. The van der Waals surface area contributed by atoms with Crippen LogP contribution in [0.4, 0.5) is 0 Å². The first-order valence-electron chi connectivity index (χ1n) is 13.9. The Balaban J connectivity index is 1.77. The molecule has 1 aliphatic carbocycles. The number of ether oxygens (including phenoxy) is 2. The second-order valence-electron chi connectivity index (χ2n) is 11.9. The molecule has 204 valence electrons. The van der Waals surface area contributed by atoms with E-state index in [1.165, 1.54) is 11.1 Å². The van der Waals surface area contributed by atoms with E-state index in [2.05, 4.69) is 64.2 Å². The van der Waals surface area contributed by atoms with Crippen molar-refractivity contribution < 1.29 is 19.0 Å². The molecule has 0 aliphatic heterocycles. The fourth-order valence-electron chi connectivity index (χ4n) is 4.91. The molecule has 1 aliphatic rings. The molecule has 5 heteroatoms. The lowest BCUT2D eigenvalue weighted by Gasteiger charge is -2.42. The third kappa shape index (κ3) is 8.03. The lowest BCUT2D eigenvalue weighted by Crippen LogP contribution is -2.47. The third-order valence-electron chi connectivity index (χ3n) is 8.10. The summed E-state index contributed by atoms with van der Waals surface area (Å²) in [6.07, 6.45) is 9.55. The molecule has 0 saturated carbocycles. The summed E-state index contributed by atoms with van der Waals surface area (Å²) in [4.78, 5) is 0. The van der Waals surface area contributed by atoms with Gasteiger partial charge in [-0.1, -0.05) is 75.4 Å². The van der Waals surface area contributed by atoms with Crippen molar-refractivity contribution in [2.45, 2.75) is 95.1 Å². The number of methoxy groups -OCH3 is 1. The van der Waals surface area contributed by atoms with Gasteiger partial charge in [0.05, 0.1) is 18.3 Å². The molecule has 2 aromatic rings. The summed E-state index contributed by atoms with van der Waals surface area (Å²) >= 11 is 0. The van der Waals surface area contributed by atoms with E-state index in [0.29, 0.717) is 13.0 Å². The van der Waals surface area contributed by atoms with Crippen molar-refractivity contribution in [1.82, 2.24) is 0 Å². The smallest absolute Gasteiger partial charge is 0.192 e. The van der Waals surface area contributed by atoms with Crippen LogP contribution in [0.25, 0.3) is 0 Å². The van der Waals surface area contributed by atoms with Gasteiger partial charge in [-0.25, -0.2) is 0 Å². The number of aliphatic hydroxyl groups is 1. The van der Waals surface area contributed by atoms with Crippen LogP contribution in [-0.2, 0) is 15.6 Å². The Morgan fingerprint density at radius 1 is 0.892 bits per heavy atom. The maximum Gasteiger partial charge on any atom is 0.192 e. The SMILES string of the molecule is COCCCCc1ccccc1[C@H]1[C@H](O[Si](C)(C)C(C)(C)C)C=C[C@@]1(O)CCCCOc1ccccc1. The molecule has 0 unspecified atom stereocenters. The van der Waals surface area contributed by atoms with Crippen LogP contribution >= 0.6 is 0 Å². The van der Waals surface area contributed by atoms with E-state index in [9.17, 15) is 5.11 Å². The Morgan fingerprint density at radius 2 is 1.57 bits per heavy atom. The highest BCUT2D eigenvalue weighted by atomic mass is 28.4. The number of rotatable bonds is 14. The van der Waals surface area contributed by atoms with Gasteiger partial charge in [-0.05, 0) is 79.9 Å². The quantitative estimate of drug-likeness (QED) is 0.156. The van der Waals surface area contributed by atoms with Crippen LogP contribution in [0, 0.1) is 0 Å². The molecule has 2 aromatic carbocycles. The molecule has 0 spiro atoms. The van der Waals surface area contributed by atoms with Crippen LogP contribution in [0.2, 0.25) is 18.1 Å². The van der Waals surface area contributed by atoms with Gasteiger partial charge in [-0.3, -0.25) is 0 Å². The largest absolute Gasteiger partial charge is 0.494 e. The minimum absolute atomic E-state index is 0.0978. The van der Waals surface area contributed by atoms with E-state index in [4.69, 9.17) is 13.9 Å². The average Bonchev–Trinajstić information content (AvgIpc) is 3.17. The maximum absolute atomic E-state index is 12.1. The molecule has 0 amide bonds. The second kappa shape index (κ2) is 13.2. The summed E-state index contributed by atoms with van der Waals surface area (Å²) in [5, 5.41) is 12.2. The van der Waals surface area contributed by atoms with E-state index in [1.807, 2.05) is 36.4 Å². The maximum atomic E-state index is 12.1. The number of benzene rings is 2. The highest BCUT2D eigenvalue weighted by Gasteiger charge is 2.49. The first kappa shape index (κ1) is 29.6. The number of hydrogen-bond donors (Lipinski definition) is 1. The fourth-order valence-corrected chi connectivity index (χ4v) is 6.16. The highest BCUT2D eigenvalue weighted by Crippen LogP contribution is 2.47. The van der Waals surface area contributed by atoms with Crippen LogP contribution < -0.4 is 4.74 Å². The van der Waals surface area contributed by atoms with Gasteiger partial charge in [-0.15, -0.1) is 0 Å². The lowest BCUT2D eigenvalue weighted by atomic mass is 9.78. The molecule has 0 fully saturated rings. The first-order valence-corrected chi connectivity index (χ1v) is 16.8. The number of aryl methyl sites for hydroxylation is 1. The molecular weight excluding hydrogens is 476 g/mol. The predicted octanol–water partition coefficient (Wildman–Crippen LogP) is 7.68. The summed E-state index contributed by atoms with van der Waals surface area (Å²) in [6.45, 7) is 12.8. The van der Waals surface area contributed by atoms with Crippen LogP contribution in [0.15, 0.2) is 66.7 Å². The van der Waals surface area contributed by atoms with Gasteiger partial charge in [0, 0.05) is 19.6 Å². The van der Waals surface area contributed by atoms with Gasteiger partial charge in [-0.2, -0.15) is 0 Å². The molecule has 1 N–H and O–H groups in total. The lowest BCUT2D eigenvalue weighted by molar-refractivity contribution is 0.0251. The van der Waals surface area contributed by atoms with Crippen LogP contribution in [-0.4, -0.2) is 45.5 Å². The summed E-state index contributed by atoms with van der Waals surface area (Å²) in [6, 6.07) is 18.6. The molecule has 0 heterocycles. The number of unbranched alkanes of at least 4 members (excludes halogenated alkanes) is 2. The Kier molecular flexibility index (Phi) is 10.6. The van der Waals surface area contributed by atoms with Gasteiger partial charge >= 0.3 is 0 Å². The topological polar surface area (TPSA) is 47.9 Å². The van der Waals surface area contributed by atoms with Crippen molar-refractivity contribution in [3.05, 3.63) is 77.9 Å². The van der Waals surface area contributed by atoms with Crippen molar-refractivity contribution in [1.29, 1.82) is 0 Å². The van der Waals surface area contributed by atoms with Crippen molar-refractivity contribution >= 4 is 8.32 Å². The molecular formula is C32H48O4Si. The van der Waals surface area contributed by atoms with E-state index < -0.39 is 13.9 Å². The van der Waals surface area contributed by atoms with Gasteiger partial charge in [0.15, 0.2) is 8.32 Å². The molecule has 3 atom stereocenters. The van der Waals surface area contributed by atoms with Crippen LogP contribution in [0.3, 0.4) is 0 Å². The minimum atomic E-state index is -2.04. The number of hydrogen-bond acceptors (Lipinski definition) is 4. The zero-order chi connectivity index (χ0) is 26.9. The normalized spacial score (nSPS) is 21.9. The standard InChI is InChI=1S/C32H48O4Si/c1-31(2,3)37(5,6)36-29-21-23-32(33,22-13-15-25-35-27-18-8-7-9-19-27)30(29)28-20-11-10-16-26(28)17-12-14-24-34-4/h7-11,16,18-21,23,29-30,33H,12-15,17,22,24-25H2,1-6H3/t29-,30+,32+/m1/s1. The van der Waals surface area contributed by atoms with Crippen molar-refractivity contribution in [3.63, 3.8) is 0 Å². The molecule has 0 saturated heterocycles. The molecule has 37 heavy (non-hydrogen) atoms. The van der Waals surface area contributed by atoms with Gasteiger partial charge in [0.1, 0.15) is 5.75 Å². The average molecular weight is 525 g/mol. The molecule has 3 rings (SSSR count). The highest BCUT2D eigenvalue weighted by molar-refractivity contribution is 6.74. The Morgan fingerprint density at radius 3 is 2.27 bits per heavy atom. The summed E-state index contributed by atoms with van der Waals surface area (Å²) in [5.74, 6) is 0.778. The minimum Gasteiger partial charge on any atom is -0.494 e. The molecule has 4 nitrogen and oxygen atoms in total. The zero-order valence-electron chi connectivity index (χ0n) is 23.8. The predicted molar refractivity (Wildman–Crippen MR) is 156 cm³/mol. The van der Waals surface area contributed by atoms with E-state index >= 15 is 0 Å². The molecule has 0 aromatic heterocycles. The monoisotopic (exact) mass is 524 g/mol. The zero-order valence-corrected chi connectivity index (χ0v) is 24.8. The summed E-state index contributed by atoms with van der Waals surface area (Å²) < 4.78 is 18.1. The van der Waals surface area contributed by atoms with E-state index in [1.54, 1.807) is 7.11 Å².